The van der Waals surface area contributed by atoms with Gasteiger partial charge in [-0.15, -0.1) is 0 Å². The Kier molecular flexibility index (Phi) is 4.38. The topological polar surface area (TPSA) is 17.1 Å². The van der Waals surface area contributed by atoms with Crippen LogP contribution in [-0.2, 0) is 6.42 Å². The molecule has 0 N–H and O–H groups in total. The second kappa shape index (κ2) is 6.17. The Hall–Kier alpha value is -1.53. The zero-order valence-corrected chi connectivity index (χ0v) is 14.1. The van der Waals surface area contributed by atoms with Crippen molar-refractivity contribution in [2.75, 3.05) is 0 Å². The van der Waals surface area contributed by atoms with E-state index in [0.717, 1.165) is 10.0 Å². The molecule has 0 bridgehead atoms. The molecule has 1 nitrogen and oxygen atoms in total. The Labute approximate surface area is 143 Å². The Bertz CT molecular complexity index is 794. The van der Waals surface area contributed by atoms with Gasteiger partial charge < -0.3 is 0 Å². The number of benzene rings is 2. The largest absolute Gasteiger partial charge is 0.446 e. The van der Waals surface area contributed by atoms with Crippen LogP contribution in [0, 0.1) is 0 Å². The van der Waals surface area contributed by atoms with Gasteiger partial charge in [0.1, 0.15) is 0 Å². The third-order valence-corrected chi connectivity index (χ3v) is 4.96. The zero-order valence-electron chi connectivity index (χ0n) is 11.7. The normalized spacial score (nSPS) is 16.0. The zero-order chi connectivity index (χ0) is 16.6. The molecule has 0 radical (unpaired) electrons. The first-order chi connectivity index (χ1) is 10.8. The first kappa shape index (κ1) is 16.3. The van der Waals surface area contributed by atoms with E-state index in [1.54, 1.807) is 24.3 Å². The molecule has 1 aliphatic carbocycles. The Balaban J connectivity index is 1.84. The SMILES string of the molecule is O=C1/C(=C/c2ccc(SC(F)(F)F)cc2)Cc2c(Br)cccc21. The standard InChI is InChI=1S/C17H10BrF3OS/c18-15-3-1-2-13-14(15)9-11(16(13)22)8-10-4-6-12(7-5-10)23-17(19,20)21/h1-8H,9H2/b11-8+. The van der Waals surface area contributed by atoms with E-state index in [0.29, 0.717) is 23.1 Å². The summed E-state index contributed by atoms with van der Waals surface area (Å²) in [5, 5.41) is 0. The second-order valence-electron chi connectivity index (χ2n) is 5.06. The van der Waals surface area contributed by atoms with Crippen LogP contribution in [0.5, 0.6) is 0 Å². The molecule has 2 aromatic rings. The van der Waals surface area contributed by atoms with Gasteiger partial charge in [-0.1, -0.05) is 40.2 Å². The molecule has 0 aromatic heterocycles. The molecule has 0 fully saturated rings. The van der Waals surface area contributed by atoms with Gasteiger partial charge in [0.15, 0.2) is 5.78 Å². The molecule has 0 atom stereocenters. The highest BCUT2D eigenvalue weighted by molar-refractivity contribution is 9.10. The smallest absolute Gasteiger partial charge is 0.289 e. The van der Waals surface area contributed by atoms with E-state index >= 15 is 0 Å². The van der Waals surface area contributed by atoms with Crippen LogP contribution in [0.3, 0.4) is 0 Å². The van der Waals surface area contributed by atoms with Crippen LogP contribution >= 0.6 is 27.7 Å². The number of ketones is 1. The summed E-state index contributed by atoms with van der Waals surface area (Å²) >= 11 is 3.29. The van der Waals surface area contributed by atoms with Crippen molar-refractivity contribution >= 4 is 39.6 Å². The van der Waals surface area contributed by atoms with Gasteiger partial charge in [-0.25, -0.2) is 0 Å². The number of alkyl halides is 3. The minimum absolute atomic E-state index is 0.0324. The Morgan fingerprint density at radius 1 is 1.09 bits per heavy atom. The monoisotopic (exact) mass is 398 g/mol. The molecule has 3 rings (SSSR count). The molecule has 0 unspecified atom stereocenters. The van der Waals surface area contributed by atoms with Crippen LogP contribution in [0.25, 0.3) is 6.08 Å². The molecule has 0 heterocycles. The van der Waals surface area contributed by atoms with Crippen molar-refractivity contribution in [2.24, 2.45) is 0 Å². The average molecular weight is 399 g/mol. The van der Waals surface area contributed by atoms with Crippen LogP contribution in [0.1, 0.15) is 21.5 Å². The van der Waals surface area contributed by atoms with Crippen LogP contribution in [-0.4, -0.2) is 11.3 Å². The molecule has 118 valence electrons. The Morgan fingerprint density at radius 2 is 1.78 bits per heavy atom. The van der Waals surface area contributed by atoms with Crippen molar-refractivity contribution in [3.05, 3.63) is 69.2 Å². The molecule has 0 aliphatic heterocycles. The lowest BCUT2D eigenvalue weighted by Crippen LogP contribution is -1.98. The Morgan fingerprint density at radius 3 is 2.39 bits per heavy atom. The lowest BCUT2D eigenvalue weighted by atomic mass is 10.1. The molecular weight excluding hydrogens is 389 g/mol. The van der Waals surface area contributed by atoms with Crippen molar-refractivity contribution in [3.63, 3.8) is 0 Å². The molecule has 0 saturated carbocycles. The second-order valence-corrected chi connectivity index (χ2v) is 7.05. The number of hydrogen-bond donors (Lipinski definition) is 0. The van der Waals surface area contributed by atoms with Gasteiger partial charge in [0, 0.05) is 26.9 Å². The van der Waals surface area contributed by atoms with Crippen molar-refractivity contribution in [3.8, 4) is 0 Å². The fourth-order valence-electron chi connectivity index (χ4n) is 2.48. The molecule has 2 aromatic carbocycles. The van der Waals surface area contributed by atoms with Gasteiger partial charge >= 0.3 is 5.51 Å². The van der Waals surface area contributed by atoms with Gasteiger partial charge in [0.2, 0.25) is 0 Å². The average Bonchev–Trinajstić information content (AvgIpc) is 2.78. The predicted octanol–water partition coefficient (Wildman–Crippen LogP) is 5.88. The maximum absolute atomic E-state index is 12.4. The molecule has 0 spiro atoms. The lowest BCUT2D eigenvalue weighted by Gasteiger charge is -2.05. The van der Waals surface area contributed by atoms with Gasteiger partial charge in [-0.3, -0.25) is 4.79 Å². The number of hydrogen-bond acceptors (Lipinski definition) is 2. The summed E-state index contributed by atoms with van der Waals surface area (Å²) in [6, 6.07) is 11.5. The van der Waals surface area contributed by atoms with Crippen molar-refractivity contribution in [1.82, 2.24) is 0 Å². The number of rotatable bonds is 2. The number of carbonyl (C=O) groups is 1. The van der Waals surface area contributed by atoms with Crippen LogP contribution < -0.4 is 0 Å². The first-order valence-corrected chi connectivity index (χ1v) is 8.33. The van der Waals surface area contributed by atoms with Crippen LogP contribution in [0.4, 0.5) is 13.2 Å². The van der Waals surface area contributed by atoms with Crippen LogP contribution in [0.15, 0.2) is 57.4 Å². The fraction of sp³-hybridized carbons (Fsp3) is 0.118. The lowest BCUT2D eigenvalue weighted by molar-refractivity contribution is -0.0328. The molecule has 1 aliphatic rings. The number of carbonyl (C=O) groups excluding carboxylic acids is 1. The summed E-state index contributed by atoms with van der Waals surface area (Å²) in [4.78, 5) is 12.5. The van der Waals surface area contributed by atoms with E-state index in [2.05, 4.69) is 15.9 Å². The minimum Gasteiger partial charge on any atom is -0.289 e. The third kappa shape index (κ3) is 3.70. The van der Waals surface area contributed by atoms with E-state index in [1.807, 2.05) is 12.1 Å². The maximum atomic E-state index is 12.4. The highest BCUT2D eigenvalue weighted by atomic mass is 79.9. The fourth-order valence-corrected chi connectivity index (χ4v) is 3.52. The van der Waals surface area contributed by atoms with E-state index in [9.17, 15) is 18.0 Å². The van der Waals surface area contributed by atoms with Gasteiger partial charge in [0.05, 0.1) is 0 Å². The summed E-state index contributed by atoms with van der Waals surface area (Å²) in [5.74, 6) is -0.0324. The first-order valence-electron chi connectivity index (χ1n) is 6.72. The maximum Gasteiger partial charge on any atom is 0.446 e. The van der Waals surface area contributed by atoms with Crippen molar-refractivity contribution < 1.29 is 18.0 Å². The summed E-state index contributed by atoms with van der Waals surface area (Å²) in [7, 11) is 0. The summed E-state index contributed by atoms with van der Waals surface area (Å²) in [6.45, 7) is 0. The van der Waals surface area contributed by atoms with Gasteiger partial charge in [-0.05, 0) is 47.2 Å². The predicted molar refractivity (Wildman–Crippen MR) is 88.5 cm³/mol. The molecule has 6 heteroatoms. The van der Waals surface area contributed by atoms with E-state index in [-0.39, 0.29) is 22.4 Å². The van der Waals surface area contributed by atoms with E-state index in [4.69, 9.17) is 0 Å². The number of thioether (sulfide) groups is 1. The van der Waals surface area contributed by atoms with Gasteiger partial charge in [0.25, 0.3) is 0 Å². The van der Waals surface area contributed by atoms with E-state index in [1.165, 1.54) is 12.1 Å². The molecule has 23 heavy (non-hydrogen) atoms. The van der Waals surface area contributed by atoms with Gasteiger partial charge in [-0.2, -0.15) is 13.2 Å². The highest BCUT2D eigenvalue weighted by Gasteiger charge is 2.29. The summed E-state index contributed by atoms with van der Waals surface area (Å²) in [6.07, 6.45) is 2.26. The third-order valence-electron chi connectivity index (χ3n) is 3.48. The summed E-state index contributed by atoms with van der Waals surface area (Å²) < 4.78 is 37.8. The number of Topliss-reactive ketones (excluding diaryl/α,β-unsaturated/α-hetero) is 1. The highest BCUT2D eigenvalue weighted by Crippen LogP contribution is 2.37. The molecule has 0 saturated heterocycles. The van der Waals surface area contributed by atoms with Crippen molar-refractivity contribution in [2.45, 2.75) is 16.8 Å². The quantitative estimate of drug-likeness (QED) is 0.463. The summed E-state index contributed by atoms with van der Waals surface area (Å²) in [5.41, 5.74) is -1.32. The molecule has 0 amide bonds. The van der Waals surface area contributed by atoms with Crippen molar-refractivity contribution in [1.29, 1.82) is 0 Å². The number of fused-ring (bicyclic) bond motifs is 1. The molecular formula is C17H10BrF3OS. The minimum atomic E-state index is -4.30. The number of allylic oxidation sites excluding steroid dienone is 1. The van der Waals surface area contributed by atoms with Crippen LogP contribution in [0.2, 0.25) is 0 Å². The number of halogens is 4. The van der Waals surface area contributed by atoms with E-state index < -0.39 is 5.51 Å².